The highest BCUT2D eigenvalue weighted by molar-refractivity contribution is 5.48. The quantitative estimate of drug-likeness (QED) is 0.467. The molecule has 2 aromatic heterocycles. The van der Waals surface area contributed by atoms with Crippen molar-refractivity contribution in [1.29, 1.82) is 0 Å². The first kappa shape index (κ1) is 14.2. The Hall–Kier alpha value is -2.25. The molecule has 106 valence electrons. The summed E-state index contributed by atoms with van der Waals surface area (Å²) in [5, 5.41) is 20.3. The molecule has 0 atom stereocenters. The Kier molecular flexibility index (Phi) is 4.44. The molecule has 0 bridgehead atoms. The SMILES string of the molecule is C=CCN(CCO)Cc1nc2ccccn2c1[N+](=O)[O-]. The topological polar surface area (TPSA) is 83.9 Å². The molecule has 0 radical (unpaired) electrons. The maximum atomic E-state index is 11.3. The monoisotopic (exact) mass is 276 g/mol. The lowest BCUT2D eigenvalue weighted by molar-refractivity contribution is -0.391. The van der Waals surface area contributed by atoms with Crippen LogP contribution < -0.4 is 0 Å². The predicted molar refractivity (Wildman–Crippen MR) is 74.4 cm³/mol. The third-order valence-corrected chi connectivity index (χ3v) is 2.92. The minimum atomic E-state index is -0.430. The molecular weight excluding hydrogens is 260 g/mol. The largest absolute Gasteiger partial charge is 0.395 e. The van der Waals surface area contributed by atoms with E-state index in [0.717, 1.165) is 0 Å². The normalized spacial score (nSPS) is 11.1. The van der Waals surface area contributed by atoms with Gasteiger partial charge in [-0.25, -0.2) is 4.98 Å². The first-order valence-electron chi connectivity index (χ1n) is 6.22. The van der Waals surface area contributed by atoms with Gasteiger partial charge in [0.05, 0.1) is 12.8 Å². The number of hydrogen-bond acceptors (Lipinski definition) is 5. The Morgan fingerprint density at radius 3 is 3.00 bits per heavy atom. The van der Waals surface area contributed by atoms with E-state index in [9.17, 15) is 10.1 Å². The van der Waals surface area contributed by atoms with Crippen molar-refractivity contribution < 1.29 is 10.0 Å². The number of aliphatic hydroxyl groups excluding tert-OH is 1. The molecule has 0 unspecified atom stereocenters. The summed E-state index contributed by atoms with van der Waals surface area (Å²) in [6, 6.07) is 5.23. The van der Waals surface area contributed by atoms with Crippen LogP contribution in [-0.4, -0.2) is 44.0 Å². The fourth-order valence-electron chi connectivity index (χ4n) is 2.10. The molecule has 7 nitrogen and oxygen atoms in total. The van der Waals surface area contributed by atoms with Gasteiger partial charge in [0, 0.05) is 25.7 Å². The standard InChI is InChI=1S/C13H16N4O3/c1-2-6-15(8-9-18)10-11-13(17(19)20)16-7-4-3-5-12(16)14-11/h2-5,7,18H,1,6,8-10H2. The van der Waals surface area contributed by atoms with Crippen LogP contribution in [0.25, 0.3) is 5.65 Å². The summed E-state index contributed by atoms with van der Waals surface area (Å²) >= 11 is 0. The van der Waals surface area contributed by atoms with Crippen molar-refractivity contribution in [2.75, 3.05) is 19.7 Å². The lowest BCUT2D eigenvalue weighted by Crippen LogP contribution is -2.27. The van der Waals surface area contributed by atoms with Crippen molar-refractivity contribution in [3.8, 4) is 0 Å². The van der Waals surface area contributed by atoms with E-state index in [2.05, 4.69) is 11.6 Å². The zero-order valence-corrected chi connectivity index (χ0v) is 11.0. The van der Waals surface area contributed by atoms with Crippen LogP contribution in [0.5, 0.6) is 0 Å². The summed E-state index contributed by atoms with van der Waals surface area (Å²) in [5.41, 5.74) is 0.924. The smallest absolute Gasteiger partial charge is 0.352 e. The molecule has 0 saturated heterocycles. The van der Waals surface area contributed by atoms with E-state index >= 15 is 0 Å². The van der Waals surface area contributed by atoms with Crippen molar-refractivity contribution in [3.63, 3.8) is 0 Å². The maximum Gasteiger partial charge on any atom is 0.352 e. The molecular formula is C13H16N4O3. The van der Waals surface area contributed by atoms with E-state index in [0.29, 0.717) is 31.0 Å². The van der Waals surface area contributed by atoms with E-state index in [4.69, 9.17) is 5.11 Å². The van der Waals surface area contributed by atoms with Gasteiger partial charge in [0.1, 0.15) is 0 Å². The second-order valence-electron chi connectivity index (χ2n) is 4.32. The summed E-state index contributed by atoms with van der Waals surface area (Å²) in [6.45, 7) is 4.87. The Bertz CT molecular complexity index is 623. The van der Waals surface area contributed by atoms with Gasteiger partial charge in [0.25, 0.3) is 0 Å². The lowest BCUT2D eigenvalue weighted by atomic mass is 10.3. The highest BCUT2D eigenvalue weighted by Gasteiger charge is 2.23. The molecule has 0 aliphatic carbocycles. The third-order valence-electron chi connectivity index (χ3n) is 2.92. The van der Waals surface area contributed by atoms with Crippen molar-refractivity contribution in [2.24, 2.45) is 0 Å². The van der Waals surface area contributed by atoms with Crippen molar-refractivity contribution in [1.82, 2.24) is 14.3 Å². The van der Waals surface area contributed by atoms with Gasteiger partial charge < -0.3 is 15.2 Å². The van der Waals surface area contributed by atoms with Crippen molar-refractivity contribution in [2.45, 2.75) is 6.54 Å². The van der Waals surface area contributed by atoms with Gasteiger partial charge in [-0.15, -0.1) is 6.58 Å². The summed E-state index contributed by atoms with van der Waals surface area (Å²) in [6.07, 6.45) is 3.31. The first-order valence-corrected chi connectivity index (χ1v) is 6.22. The fourth-order valence-corrected chi connectivity index (χ4v) is 2.10. The number of rotatable bonds is 7. The second-order valence-corrected chi connectivity index (χ2v) is 4.32. The van der Waals surface area contributed by atoms with Crippen molar-refractivity contribution >= 4 is 11.5 Å². The molecule has 2 heterocycles. The molecule has 20 heavy (non-hydrogen) atoms. The van der Waals surface area contributed by atoms with Crippen LogP contribution in [0.3, 0.4) is 0 Å². The Balaban J connectivity index is 2.39. The average molecular weight is 276 g/mol. The van der Waals surface area contributed by atoms with Gasteiger partial charge in [-0.05, 0) is 11.0 Å². The number of pyridine rings is 1. The third kappa shape index (κ3) is 2.84. The summed E-state index contributed by atoms with van der Waals surface area (Å²) in [5.74, 6) is -0.0346. The average Bonchev–Trinajstić information content (AvgIpc) is 2.77. The van der Waals surface area contributed by atoms with Gasteiger partial charge in [-0.1, -0.05) is 12.1 Å². The predicted octanol–water partition coefficient (Wildman–Crippen LogP) is 1.22. The maximum absolute atomic E-state index is 11.3. The lowest BCUT2D eigenvalue weighted by Gasteiger charge is -2.17. The van der Waals surface area contributed by atoms with Gasteiger partial charge >= 0.3 is 5.82 Å². The summed E-state index contributed by atoms with van der Waals surface area (Å²) in [4.78, 5) is 17.0. The van der Waals surface area contributed by atoms with E-state index in [1.54, 1.807) is 30.5 Å². The van der Waals surface area contributed by atoms with Crippen LogP contribution in [0.4, 0.5) is 5.82 Å². The Morgan fingerprint density at radius 2 is 2.35 bits per heavy atom. The van der Waals surface area contributed by atoms with Gasteiger partial charge in [-0.2, -0.15) is 4.40 Å². The van der Waals surface area contributed by atoms with Crippen LogP contribution in [0, 0.1) is 10.1 Å². The van der Waals surface area contributed by atoms with Gasteiger partial charge in [-0.3, -0.25) is 4.90 Å². The molecule has 0 aliphatic rings. The summed E-state index contributed by atoms with van der Waals surface area (Å²) < 4.78 is 1.46. The molecule has 0 aliphatic heterocycles. The van der Waals surface area contributed by atoms with Crippen molar-refractivity contribution in [3.05, 3.63) is 52.9 Å². The molecule has 0 saturated carbocycles. The number of fused-ring (bicyclic) bond motifs is 1. The minimum absolute atomic E-state index is 0.0188. The molecule has 7 heteroatoms. The van der Waals surface area contributed by atoms with E-state index < -0.39 is 4.92 Å². The van der Waals surface area contributed by atoms with Crippen LogP contribution in [0.1, 0.15) is 5.69 Å². The number of nitro groups is 1. The Labute approximate surface area is 115 Å². The number of nitrogens with zero attached hydrogens (tertiary/aromatic N) is 4. The van der Waals surface area contributed by atoms with Crippen LogP contribution in [0.15, 0.2) is 37.1 Å². The number of imidazole rings is 1. The molecule has 2 aromatic rings. The molecule has 0 aromatic carbocycles. The van der Waals surface area contributed by atoms with Crippen LogP contribution >= 0.6 is 0 Å². The molecule has 2 rings (SSSR count). The second kappa shape index (κ2) is 6.27. The molecule has 0 amide bonds. The zero-order valence-electron chi connectivity index (χ0n) is 11.0. The zero-order chi connectivity index (χ0) is 14.5. The minimum Gasteiger partial charge on any atom is -0.395 e. The Morgan fingerprint density at radius 1 is 1.55 bits per heavy atom. The molecule has 0 spiro atoms. The molecule has 0 fully saturated rings. The fraction of sp³-hybridized carbons (Fsp3) is 0.308. The van der Waals surface area contributed by atoms with E-state index in [1.807, 2.05) is 4.90 Å². The number of aliphatic hydroxyl groups is 1. The highest BCUT2D eigenvalue weighted by atomic mass is 16.6. The first-order chi connectivity index (χ1) is 9.67. The molecule has 1 N–H and O–H groups in total. The van der Waals surface area contributed by atoms with E-state index in [-0.39, 0.29) is 12.4 Å². The van der Waals surface area contributed by atoms with Crippen LogP contribution in [0.2, 0.25) is 0 Å². The number of aromatic nitrogens is 2. The number of hydrogen-bond donors (Lipinski definition) is 1. The summed E-state index contributed by atoms with van der Waals surface area (Å²) in [7, 11) is 0. The van der Waals surface area contributed by atoms with Gasteiger partial charge in [0.2, 0.25) is 5.65 Å². The van der Waals surface area contributed by atoms with E-state index in [1.165, 1.54) is 4.40 Å². The van der Waals surface area contributed by atoms with Crippen LogP contribution in [-0.2, 0) is 6.54 Å². The van der Waals surface area contributed by atoms with Gasteiger partial charge in [0.15, 0.2) is 5.69 Å². The highest BCUT2D eigenvalue weighted by Crippen LogP contribution is 2.21.